The fraction of sp³-hybridized carbons (Fsp3) is 0.462. The SMILES string of the molecule is CCCOCCCNC(=O)c1cc(Br)ccc1O. The fourth-order valence-corrected chi connectivity index (χ4v) is 1.77. The maximum absolute atomic E-state index is 11.8. The summed E-state index contributed by atoms with van der Waals surface area (Å²) in [5.74, 6) is -0.290. The molecule has 0 aliphatic rings. The highest BCUT2D eigenvalue weighted by molar-refractivity contribution is 9.10. The number of carbonyl (C=O) groups excluding carboxylic acids is 1. The number of halogens is 1. The first-order chi connectivity index (χ1) is 8.65. The van der Waals surface area contributed by atoms with Crippen LogP contribution in [-0.4, -0.2) is 30.8 Å². The van der Waals surface area contributed by atoms with E-state index in [1.807, 2.05) is 0 Å². The van der Waals surface area contributed by atoms with Crippen molar-refractivity contribution < 1.29 is 14.6 Å². The Morgan fingerprint density at radius 1 is 1.44 bits per heavy atom. The molecule has 0 aliphatic heterocycles. The first-order valence-corrected chi connectivity index (χ1v) is 6.79. The lowest BCUT2D eigenvalue weighted by Gasteiger charge is -2.07. The van der Waals surface area contributed by atoms with Crippen molar-refractivity contribution >= 4 is 21.8 Å². The Labute approximate surface area is 115 Å². The molecule has 0 spiro atoms. The number of phenolic OH excluding ortho intramolecular Hbond substituents is 1. The van der Waals surface area contributed by atoms with Gasteiger partial charge in [-0.05, 0) is 31.0 Å². The molecular formula is C13H18BrNO3. The van der Waals surface area contributed by atoms with E-state index in [1.54, 1.807) is 12.1 Å². The fourth-order valence-electron chi connectivity index (χ4n) is 1.41. The number of hydrogen-bond acceptors (Lipinski definition) is 3. The van der Waals surface area contributed by atoms with Gasteiger partial charge in [-0.2, -0.15) is 0 Å². The summed E-state index contributed by atoms with van der Waals surface area (Å²) in [5, 5.41) is 12.3. The van der Waals surface area contributed by atoms with Crippen LogP contribution in [0.3, 0.4) is 0 Å². The first-order valence-electron chi connectivity index (χ1n) is 5.99. The van der Waals surface area contributed by atoms with Gasteiger partial charge in [0.15, 0.2) is 0 Å². The number of amides is 1. The minimum atomic E-state index is -0.274. The first kappa shape index (κ1) is 15.0. The van der Waals surface area contributed by atoms with E-state index in [0.717, 1.165) is 23.9 Å². The lowest BCUT2D eigenvalue weighted by molar-refractivity contribution is 0.0938. The average Bonchev–Trinajstić information content (AvgIpc) is 2.36. The maximum Gasteiger partial charge on any atom is 0.255 e. The van der Waals surface area contributed by atoms with Gasteiger partial charge >= 0.3 is 0 Å². The molecule has 0 unspecified atom stereocenters. The van der Waals surface area contributed by atoms with Gasteiger partial charge in [-0.15, -0.1) is 0 Å². The minimum Gasteiger partial charge on any atom is -0.507 e. The van der Waals surface area contributed by atoms with Gasteiger partial charge in [0.25, 0.3) is 5.91 Å². The predicted octanol–water partition coefficient (Wildman–Crippen LogP) is 2.70. The van der Waals surface area contributed by atoms with E-state index in [0.29, 0.717) is 13.2 Å². The van der Waals surface area contributed by atoms with Gasteiger partial charge in [0.05, 0.1) is 5.56 Å². The van der Waals surface area contributed by atoms with Crippen LogP contribution in [0.4, 0.5) is 0 Å². The van der Waals surface area contributed by atoms with Crippen molar-refractivity contribution in [2.24, 2.45) is 0 Å². The largest absolute Gasteiger partial charge is 0.507 e. The molecule has 0 atom stereocenters. The highest BCUT2D eigenvalue weighted by Gasteiger charge is 2.10. The maximum atomic E-state index is 11.8. The van der Waals surface area contributed by atoms with Gasteiger partial charge in [0, 0.05) is 24.2 Å². The van der Waals surface area contributed by atoms with Crippen LogP contribution in [0.5, 0.6) is 5.75 Å². The Hall–Kier alpha value is -1.07. The van der Waals surface area contributed by atoms with Crippen LogP contribution in [0, 0.1) is 0 Å². The summed E-state index contributed by atoms with van der Waals surface area (Å²) < 4.78 is 6.07. The van der Waals surface area contributed by atoms with E-state index in [-0.39, 0.29) is 17.2 Å². The molecule has 1 rings (SSSR count). The molecule has 1 aromatic rings. The van der Waals surface area contributed by atoms with E-state index in [1.165, 1.54) is 6.07 Å². The van der Waals surface area contributed by atoms with Gasteiger partial charge < -0.3 is 15.2 Å². The van der Waals surface area contributed by atoms with Crippen molar-refractivity contribution in [3.8, 4) is 5.75 Å². The van der Waals surface area contributed by atoms with Crippen LogP contribution in [0.25, 0.3) is 0 Å². The minimum absolute atomic E-state index is 0.0158. The molecule has 100 valence electrons. The molecule has 0 heterocycles. The van der Waals surface area contributed by atoms with Crippen LogP contribution in [0.15, 0.2) is 22.7 Å². The Kier molecular flexibility index (Phi) is 6.75. The number of carbonyl (C=O) groups is 1. The molecule has 0 saturated heterocycles. The van der Waals surface area contributed by atoms with Crippen LogP contribution in [0.2, 0.25) is 0 Å². The highest BCUT2D eigenvalue weighted by atomic mass is 79.9. The van der Waals surface area contributed by atoms with E-state index in [9.17, 15) is 9.90 Å². The molecule has 2 N–H and O–H groups in total. The number of hydrogen-bond donors (Lipinski definition) is 2. The molecular weight excluding hydrogens is 298 g/mol. The van der Waals surface area contributed by atoms with Gasteiger partial charge in [-0.3, -0.25) is 4.79 Å². The quantitative estimate of drug-likeness (QED) is 0.761. The predicted molar refractivity (Wildman–Crippen MR) is 73.9 cm³/mol. The Balaban J connectivity index is 2.34. The van der Waals surface area contributed by atoms with Crippen molar-refractivity contribution in [3.63, 3.8) is 0 Å². The van der Waals surface area contributed by atoms with Gasteiger partial charge in [0.1, 0.15) is 5.75 Å². The van der Waals surface area contributed by atoms with E-state index in [2.05, 4.69) is 28.2 Å². The van der Waals surface area contributed by atoms with Crippen LogP contribution >= 0.6 is 15.9 Å². The van der Waals surface area contributed by atoms with E-state index >= 15 is 0 Å². The zero-order chi connectivity index (χ0) is 13.4. The van der Waals surface area contributed by atoms with E-state index in [4.69, 9.17) is 4.74 Å². The third-order valence-corrected chi connectivity index (χ3v) is 2.80. The number of nitrogens with one attached hydrogen (secondary N) is 1. The second-order valence-electron chi connectivity index (χ2n) is 3.88. The molecule has 4 nitrogen and oxygen atoms in total. The zero-order valence-electron chi connectivity index (χ0n) is 10.4. The van der Waals surface area contributed by atoms with Gasteiger partial charge in [0.2, 0.25) is 0 Å². The molecule has 0 saturated carbocycles. The topological polar surface area (TPSA) is 58.6 Å². The lowest BCUT2D eigenvalue weighted by Crippen LogP contribution is -2.25. The summed E-state index contributed by atoms with van der Waals surface area (Å²) in [6.07, 6.45) is 1.76. The van der Waals surface area contributed by atoms with Crippen LogP contribution < -0.4 is 5.32 Å². The molecule has 18 heavy (non-hydrogen) atoms. The van der Waals surface area contributed by atoms with Crippen LogP contribution in [0.1, 0.15) is 30.1 Å². The number of aromatic hydroxyl groups is 1. The summed E-state index contributed by atoms with van der Waals surface area (Å²) >= 11 is 3.26. The molecule has 0 bridgehead atoms. The lowest BCUT2D eigenvalue weighted by atomic mass is 10.2. The van der Waals surface area contributed by atoms with Crippen molar-refractivity contribution in [1.29, 1.82) is 0 Å². The summed E-state index contributed by atoms with van der Waals surface area (Å²) in [7, 11) is 0. The highest BCUT2D eigenvalue weighted by Crippen LogP contribution is 2.21. The van der Waals surface area contributed by atoms with Crippen molar-refractivity contribution in [2.45, 2.75) is 19.8 Å². The van der Waals surface area contributed by atoms with Gasteiger partial charge in [-0.25, -0.2) is 0 Å². The second-order valence-corrected chi connectivity index (χ2v) is 4.80. The second kappa shape index (κ2) is 8.11. The molecule has 0 radical (unpaired) electrons. The Morgan fingerprint density at radius 2 is 2.22 bits per heavy atom. The molecule has 0 fully saturated rings. The van der Waals surface area contributed by atoms with Crippen molar-refractivity contribution in [3.05, 3.63) is 28.2 Å². The van der Waals surface area contributed by atoms with Crippen molar-refractivity contribution in [1.82, 2.24) is 5.32 Å². The molecule has 1 amide bonds. The molecule has 1 aromatic carbocycles. The Morgan fingerprint density at radius 3 is 2.94 bits per heavy atom. The number of benzene rings is 1. The average molecular weight is 316 g/mol. The summed E-state index contributed by atoms with van der Waals surface area (Å²) in [6.45, 7) is 3.98. The normalized spacial score (nSPS) is 10.3. The molecule has 0 aliphatic carbocycles. The number of rotatable bonds is 7. The zero-order valence-corrected chi connectivity index (χ0v) is 12.0. The third kappa shape index (κ3) is 5.06. The third-order valence-electron chi connectivity index (χ3n) is 2.30. The number of ether oxygens (including phenoxy) is 1. The smallest absolute Gasteiger partial charge is 0.255 e. The van der Waals surface area contributed by atoms with E-state index < -0.39 is 0 Å². The Bertz CT molecular complexity index is 396. The van der Waals surface area contributed by atoms with Gasteiger partial charge in [-0.1, -0.05) is 22.9 Å². The molecule has 5 heteroatoms. The monoisotopic (exact) mass is 315 g/mol. The summed E-state index contributed by atoms with van der Waals surface area (Å²) in [5.41, 5.74) is 0.277. The molecule has 0 aromatic heterocycles. The van der Waals surface area contributed by atoms with Crippen molar-refractivity contribution in [2.75, 3.05) is 19.8 Å². The summed E-state index contributed by atoms with van der Waals surface area (Å²) in [4.78, 5) is 11.8. The summed E-state index contributed by atoms with van der Waals surface area (Å²) in [6, 6.07) is 4.77. The number of phenols is 1. The van der Waals surface area contributed by atoms with Crippen LogP contribution in [-0.2, 0) is 4.74 Å². The standard InChI is InChI=1S/C13H18BrNO3/c1-2-7-18-8-3-6-15-13(17)11-9-10(14)4-5-12(11)16/h4-5,9,16H,2-3,6-8H2,1H3,(H,15,17).